The highest BCUT2D eigenvalue weighted by atomic mass is 16.4. The first-order chi connectivity index (χ1) is 9.95. The van der Waals surface area contributed by atoms with Crippen LogP contribution in [0.5, 0.6) is 0 Å². The van der Waals surface area contributed by atoms with Crippen molar-refractivity contribution in [3.05, 3.63) is 29.8 Å². The van der Waals surface area contributed by atoms with E-state index in [0.717, 1.165) is 6.42 Å². The zero-order chi connectivity index (χ0) is 15.4. The summed E-state index contributed by atoms with van der Waals surface area (Å²) < 4.78 is 0. The van der Waals surface area contributed by atoms with Crippen molar-refractivity contribution in [2.45, 2.75) is 19.4 Å². The van der Waals surface area contributed by atoms with Crippen LogP contribution in [0.1, 0.15) is 23.7 Å². The van der Waals surface area contributed by atoms with Crippen LogP contribution in [-0.2, 0) is 4.79 Å². The molecule has 2 unspecified atom stereocenters. The Hall–Kier alpha value is -2.57. The van der Waals surface area contributed by atoms with Gasteiger partial charge in [0.2, 0.25) is 0 Å². The Labute approximate surface area is 121 Å². The van der Waals surface area contributed by atoms with Crippen molar-refractivity contribution in [1.29, 1.82) is 0 Å². The van der Waals surface area contributed by atoms with Crippen LogP contribution in [0.15, 0.2) is 24.3 Å². The van der Waals surface area contributed by atoms with E-state index in [1.54, 1.807) is 12.1 Å². The third kappa shape index (κ3) is 4.48. The molecule has 0 bridgehead atoms. The summed E-state index contributed by atoms with van der Waals surface area (Å²) in [4.78, 5) is 33.6. The number of nitrogens with one attached hydrogen (secondary N) is 3. The molecule has 7 nitrogen and oxygen atoms in total. The van der Waals surface area contributed by atoms with Crippen LogP contribution < -0.4 is 16.0 Å². The molecule has 1 aromatic carbocycles. The topological polar surface area (TPSA) is 108 Å². The Morgan fingerprint density at radius 1 is 1.24 bits per heavy atom. The fourth-order valence-electron chi connectivity index (χ4n) is 1.82. The van der Waals surface area contributed by atoms with Crippen molar-refractivity contribution < 1.29 is 19.5 Å². The number of urea groups is 1. The minimum absolute atomic E-state index is 0.242. The maximum atomic E-state index is 11.6. The van der Waals surface area contributed by atoms with Crippen LogP contribution in [0.25, 0.3) is 0 Å². The van der Waals surface area contributed by atoms with Crippen LogP contribution in [0.4, 0.5) is 10.5 Å². The second-order valence-electron chi connectivity index (χ2n) is 5.07. The number of rotatable bonds is 5. The van der Waals surface area contributed by atoms with Gasteiger partial charge in [-0.05, 0) is 36.6 Å². The molecule has 112 valence electrons. The lowest BCUT2D eigenvalue weighted by Gasteiger charge is -2.08. The lowest BCUT2D eigenvalue weighted by Crippen LogP contribution is -2.31. The van der Waals surface area contributed by atoms with Gasteiger partial charge in [0.25, 0.3) is 5.91 Å². The minimum atomic E-state index is -1.10. The number of carbonyl (C=O) groups excluding carboxylic acids is 2. The number of benzene rings is 1. The molecule has 1 fully saturated rings. The molecule has 1 aromatic rings. The van der Waals surface area contributed by atoms with Gasteiger partial charge in [0.1, 0.15) is 6.54 Å². The Bertz CT molecular complexity index is 556. The maximum Gasteiger partial charge on any atom is 0.322 e. The highest BCUT2D eigenvalue weighted by molar-refractivity contribution is 5.96. The molecule has 3 amide bonds. The van der Waals surface area contributed by atoms with E-state index in [9.17, 15) is 14.4 Å². The SMILES string of the molecule is CC1CC1NC(=O)Nc1ccc(C(=O)NCC(=O)O)cc1. The zero-order valence-electron chi connectivity index (χ0n) is 11.6. The zero-order valence-corrected chi connectivity index (χ0v) is 11.6. The fraction of sp³-hybridized carbons (Fsp3) is 0.357. The minimum Gasteiger partial charge on any atom is -0.480 e. The van der Waals surface area contributed by atoms with Crippen molar-refractivity contribution in [3.8, 4) is 0 Å². The van der Waals surface area contributed by atoms with E-state index in [1.165, 1.54) is 12.1 Å². The molecule has 0 aromatic heterocycles. The molecule has 0 heterocycles. The van der Waals surface area contributed by atoms with Gasteiger partial charge in [-0.25, -0.2) is 4.79 Å². The number of carboxylic acid groups (broad SMARTS) is 1. The number of aliphatic carboxylic acids is 1. The van der Waals surface area contributed by atoms with Gasteiger partial charge in [-0.2, -0.15) is 0 Å². The van der Waals surface area contributed by atoms with Crippen LogP contribution in [0.2, 0.25) is 0 Å². The number of hydrogen-bond donors (Lipinski definition) is 4. The molecule has 4 N–H and O–H groups in total. The number of hydrogen-bond acceptors (Lipinski definition) is 3. The summed E-state index contributed by atoms with van der Waals surface area (Å²) in [7, 11) is 0. The Balaban J connectivity index is 1.84. The highest BCUT2D eigenvalue weighted by Gasteiger charge is 2.33. The average molecular weight is 291 g/mol. The molecule has 0 spiro atoms. The highest BCUT2D eigenvalue weighted by Crippen LogP contribution is 2.28. The quantitative estimate of drug-likeness (QED) is 0.650. The predicted octanol–water partition coefficient (Wildman–Crippen LogP) is 1.03. The Kier molecular flexibility index (Phi) is 4.42. The third-order valence-electron chi connectivity index (χ3n) is 3.23. The number of amides is 3. The molecule has 2 atom stereocenters. The molecule has 1 aliphatic carbocycles. The summed E-state index contributed by atoms with van der Waals surface area (Å²) in [6.07, 6.45) is 0.996. The first kappa shape index (κ1) is 14.8. The molecular formula is C14H17N3O4. The summed E-state index contributed by atoms with van der Waals surface area (Å²) in [5, 5.41) is 16.2. The molecular weight excluding hydrogens is 274 g/mol. The summed E-state index contributed by atoms with van der Waals surface area (Å²) >= 11 is 0. The normalized spacial score (nSPS) is 19.5. The maximum absolute atomic E-state index is 11.6. The van der Waals surface area contributed by atoms with Crippen molar-refractivity contribution in [2.24, 2.45) is 5.92 Å². The van der Waals surface area contributed by atoms with Crippen molar-refractivity contribution in [3.63, 3.8) is 0 Å². The Morgan fingerprint density at radius 2 is 1.86 bits per heavy atom. The molecule has 0 aliphatic heterocycles. The van der Waals surface area contributed by atoms with E-state index >= 15 is 0 Å². The lowest BCUT2D eigenvalue weighted by atomic mass is 10.2. The molecule has 0 radical (unpaired) electrons. The van der Waals surface area contributed by atoms with Crippen molar-refractivity contribution in [1.82, 2.24) is 10.6 Å². The van der Waals surface area contributed by atoms with Crippen LogP contribution in [-0.4, -0.2) is 35.6 Å². The van der Waals surface area contributed by atoms with Gasteiger partial charge < -0.3 is 21.1 Å². The monoisotopic (exact) mass is 291 g/mol. The van der Waals surface area contributed by atoms with Crippen LogP contribution in [0.3, 0.4) is 0 Å². The van der Waals surface area contributed by atoms with E-state index < -0.39 is 18.4 Å². The van der Waals surface area contributed by atoms with Gasteiger partial charge in [0, 0.05) is 17.3 Å². The van der Waals surface area contributed by atoms with Crippen molar-refractivity contribution >= 4 is 23.6 Å². The Morgan fingerprint density at radius 3 is 2.38 bits per heavy atom. The van der Waals surface area contributed by atoms with E-state index in [2.05, 4.69) is 22.9 Å². The average Bonchev–Trinajstić information content (AvgIpc) is 3.11. The van der Waals surface area contributed by atoms with Gasteiger partial charge in [-0.3, -0.25) is 9.59 Å². The molecule has 1 saturated carbocycles. The summed E-state index contributed by atoms with van der Waals surface area (Å²) in [5.74, 6) is -1.05. The molecule has 2 rings (SSSR count). The van der Waals surface area contributed by atoms with Gasteiger partial charge in [-0.15, -0.1) is 0 Å². The van der Waals surface area contributed by atoms with Gasteiger partial charge in [0.15, 0.2) is 0 Å². The van der Waals surface area contributed by atoms with E-state index in [1.807, 2.05) is 0 Å². The van der Waals surface area contributed by atoms with Crippen molar-refractivity contribution in [2.75, 3.05) is 11.9 Å². The number of carbonyl (C=O) groups is 3. The van der Waals surface area contributed by atoms with E-state index in [4.69, 9.17) is 5.11 Å². The second-order valence-corrected chi connectivity index (χ2v) is 5.07. The largest absolute Gasteiger partial charge is 0.480 e. The molecule has 0 saturated heterocycles. The lowest BCUT2D eigenvalue weighted by molar-refractivity contribution is -0.135. The van der Waals surface area contributed by atoms with E-state index in [-0.39, 0.29) is 12.1 Å². The van der Waals surface area contributed by atoms with Gasteiger partial charge in [-0.1, -0.05) is 6.92 Å². The standard InChI is InChI=1S/C14H17N3O4/c1-8-6-11(8)17-14(21)16-10-4-2-9(3-5-10)13(20)15-7-12(18)19/h2-5,8,11H,6-7H2,1H3,(H,15,20)(H,18,19)(H2,16,17,21). The number of anilines is 1. The third-order valence-corrected chi connectivity index (χ3v) is 3.23. The first-order valence-corrected chi connectivity index (χ1v) is 6.63. The summed E-state index contributed by atoms with van der Waals surface area (Å²) in [6, 6.07) is 6.19. The molecule has 21 heavy (non-hydrogen) atoms. The van der Waals surface area contributed by atoms with Gasteiger partial charge in [0.05, 0.1) is 0 Å². The molecule has 7 heteroatoms. The van der Waals surface area contributed by atoms with Crippen LogP contribution in [0, 0.1) is 5.92 Å². The predicted molar refractivity (Wildman–Crippen MR) is 76.1 cm³/mol. The summed E-state index contributed by atoms with van der Waals surface area (Å²) in [5.41, 5.74) is 0.897. The molecule has 1 aliphatic rings. The number of carboxylic acids is 1. The van der Waals surface area contributed by atoms with E-state index in [0.29, 0.717) is 17.2 Å². The fourth-order valence-corrected chi connectivity index (χ4v) is 1.82. The second kappa shape index (κ2) is 6.25. The smallest absolute Gasteiger partial charge is 0.322 e. The van der Waals surface area contributed by atoms with Crippen LogP contribution >= 0.6 is 0 Å². The summed E-state index contributed by atoms with van der Waals surface area (Å²) in [6.45, 7) is 1.64. The first-order valence-electron chi connectivity index (χ1n) is 6.63. The van der Waals surface area contributed by atoms with Gasteiger partial charge >= 0.3 is 12.0 Å².